The zero-order valence-corrected chi connectivity index (χ0v) is 12.4. The van der Waals surface area contributed by atoms with Gasteiger partial charge in [-0.3, -0.25) is 0 Å². The zero-order chi connectivity index (χ0) is 13.9. The maximum Gasteiger partial charge on any atom is 0.209 e. The first kappa shape index (κ1) is 15.2. The van der Waals surface area contributed by atoms with Gasteiger partial charge in [0.15, 0.2) is 0 Å². The quantitative estimate of drug-likeness (QED) is 0.797. The normalized spacial score (nSPS) is 26.4. The third kappa shape index (κ3) is 5.02. The van der Waals surface area contributed by atoms with E-state index in [9.17, 15) is 13.5 Å². The molecule has 1 aliphatic carbocycles. The van der Waals surface area contributed by atoms with Crippen LogP contribution in [0.2, 0.25) is 0 Å². The van der Waals surface area contributed by atoms with Crippen LogP contribution in [0.1, 0.15) is 44.9 Å². The van der Waals surface area contributed by atoms with Crippen molar-refractivity contribution in [2.24, 2.45) is 11.1 Å². The van der Waals surface area contributed by atoms with Crippen molar-refractivity contribution in [3.05, 3.63) is 0 Å². The molecule has 0 bridgehead atoms. The molecular weight excluding hydrogens is 264 g/mol. The van der Waals surface area contributed by atoms with E-state index in [0.717, 1.165) is 58.2 Å². The van der Waals surface area contributed by atoms with Crippen molar-refractivity contribution in [1.29, 1.82) is 0 Å². The summed E-state index contributed by atoms with van der Waals surface area (Å²) in [6.45, 7) is 2.50. The van der Waals surface area contributed by atoms with Crippen LogP contribution in [-0.2, 0) is 10.0 Å². The fourth-order valence-corrected chi connectivity index (χ4v) is 4.41. The van der Waals surface area contributed by atoms with Crippen LogP contribution in [-0.4, -0.2) is 49.4 Å². The van der Waals surface area contributed by atoms with Gasteiger partial charge in [0.25, 0.3) is 0 Å². The number of sulfonamides is 1. The van der Waals surface area contributed by atoms with Gasteiger partial charge in [-0.05, 0) is 44.7 Å². The van der Waals surface area contributed by atoms with Gasteiger partial charge in [-0.2, -0.15) is 0 Å². The van der Waals surface area contributed by atoms with Gasteiger partial charge in [-0.25, -0.2) is 13.6 Å². The average molecular weight is 290 g/mol. The molecule has 2 rings (SSSR count). The van der Waals surface area contributed by atoms with Crippen LogP contribution in [0.25, 0.3) is 0 Å². The fraction of sp³-hybridized carbons (Fsp3) is 1.00. The third-order valence-corrected chi connectivity index (χ3v) is 5.41. The highest BCUT2D eigenvalue weighted by Crippen LogP contribution is 2.30. The summed E-state index contributed by atoms with van der Waals surface area (Å²) in [5, 5.41) is 15.6. The number of nitrogens with two attached hydrogens (primary N) is 1. The lowest BCUT2D eigenvalue weighted by molar-refractivity contribution is -0.0320. The maximum absolute atomic E-state index is 11.1. The van der Waals surface area contributed by atoms with E-state index in [0.29, 0.717) is 0 Å². The monoisotopic (exact) mass is 290 g/mol. The molecule has 5 nitrogen and oxygen atoms in total. The third-order valence-electron chi connectivity index (χ3n) is 4.48. The summed E-state index contributed by atoms with van der Waals surface area (Å²) in [7, 11) is -3.35. The molecule has 112 valence electrons. The Bertz CT molecular complexity index is 383. The van der Waals surface area contributed by atoms with Gasteiger partial charge < -0.3 is 10.0 Å². The topological polar surface area (TPSA) is 83.6 Å². The molecule has 0 aromatic rings. The van der Waals surface area contributed by atoms with Gasteiger partial charge in [-0.1, -0.05) is 19.3 Å². The Hall–Kier alpha value is -0.170. The number of hydrogen-bond acceptors (Lipinski definition) is 4. The molecule has 0 unspecified atom stereocenters. The number of nitrogens with zero attached hydrogens (tertiary/aromatic N) is 1. The molecule has 0 radical (unpaired) electrons. The van der Waals surface area contributed by atoms with E-state index in [1.807, 2.05) is 0 Å². The lowest BCUT2D eigenvalue weighted by atomic mass is 9.84. The molecule has 6 heteroatoms. The average Bonchev–Trinajstić information content (AvgIpc) is 2.30. The van der Waals surface area contributed by atoms with E-state index in [-0.39, 0.29) is 11.7 Å². The Labute approximate surface area is 116 Å². The molecule has 1 saturated carbocycles. The molecule has 1 aliphatic heterocycles. The summed E-state index contributed by atoms with van der Waals surface area (Å²) in [5.74, 6) is 0.290. The van der Waals surface area contributed by atoms with Crippen molar-refractivity contribution < 1.29 is 13.5 Å². The van der Waals surface area contributed by atoms with Crippen LogP contribution in [0.3, 0.4) is 0 Å². The van der Waals surface area contributed by atoms with Gasteiger partial charge in [0.05, 0.1) is 11.4 Å². The van der Waals surface area contributed by atoms with Crippen molar-refractivity contribution in [1.82, 2.24) is 4.90 Å². The van der Waals surface area contributed by atoms with Gasteiger partial charge >= 0.3 is 0 Å². The molecule has 19 heavy (non-hydrogen) atoms. The standard InChI is InChI=1S/C13H26N2O3S/c14-19(17,18)10-12-4-8-15(9-5-12)11-13(16)6-2-1-3-7-13/h12,16H,1-11H2,(H2,14,17,18). The van der Waals surface area contributed by atoms with E-state index in [2.05, 4.69) is 4.90 Å². The number of rotatable bonds is 4. The van der Waals surface area contributed by atoms with Gasteiger partial charge in [0.1, 0.15) is 0 Å². The van der Waals surface area contributed by atoms with Crippen molar-refractivity contribution in [3.8, 4) is 0 Å². The summed E-state index contributed by atoms with van der Waals surface area (Å²) in [6.07, 6.45) is 7.03. The highest BCUT2D eigenvalue weighted by molar-refractivity contribution is 7.89. The minimum atomic E-state index is -3.35. The highest BCUT2D eigenvalue weighted by atomic mass is 32.2. The van der Waals surface area contributed by atoms with Crippen LogP contribution in [0.15, 0.2) is 0 Å². The first-order valence-electron chi connectivity index (χ1n) is 7.32. The second-order valence-electron chi connectivity index (χ2n) is 6.33. The fourth-order valence-electron chi connectivity index (χ4n) is 3.42. The number of β-amino-alcohol motifs (C(OH)–C–C–N with tert-alkyl or cyclic N) is 1. The number of aliphatic hydroxyl groups is 1. The Morgan fingerprint density at radius 3 is 2.26 bits per heavy atom. The molecule has 0 amide bonds. The molecule has 2 aliphatic rings. The summed E-state index contributed by atoms with van der Waals surface area (Å²) in [4.78, 5) is 2.28. The molecule has 1 heterocycles. The zero-order valence-electron chi connectivity index (χ0n) is 11.6. The number of hydrogen-bond donors (Lipinski definition) is 2. The second kappa shape index (κ2) is 6.08. The summed E-state index contributed by atoms with van der Waals surface area (Å²) < 4.78 is 22.1. The molecule has 0 atom stereocenters. The lowest BCUT2D eigenvalue weighted by Crippen LogP contribution is -2.47. The molecule has 2 fully saturated rings. The molecule has 0 aromatic carbocycles. The van der Waals surface area contributed by atoms with Crippen molar-refractivity contribution >= 4 is 10.0 Å². The smallest absolute Gasteiger partial charge is 0.209 e. The molecule has 0 spiro atoms. The minimum Gasteiger partial charge on any atom is -0.389 e. The molecule has 0 aromatic heterocycles. The largest absolute Gasteiger partial charge is 0.389 e. The second-order valence-corrected chi connectivity index (χ2v) is 7.99. The van der Waals surface area contributed by atoms with Crippen molar-refractivity contribution in [3.63, 3.8) is 0 Å². The van der Waals surface area contributed by atoms with Crippen LogP contribution >= 0.6 is 0 Å². The van der Waals surface area contributed by atoms with Gasteiger partial charge in [0.2, 0.25) is 10.0 Å². The number of primary sulfonamides is 1. The van der Waals surface area contributed by atoms with Crippen LogP contribution in [0.5, 0.6) is 0 Å². The van der Waals surface area contributed by atoms with Gasteiger partial charge in [-0.15, -0.1) is 0 Å². The van der Waals surface area contributed by atoms with Crippen molar-refractivity contribution in [2.45, 2.75) is 50.5 Å². The SMILES string of the molecule is NS(=O)(=O)CC1CCN(CC2(O)CCCCC2)CC1. The summed E-state index contributed by atoms with van der Waals surface area (Å²) in [5.41, 5.74) is -0.509. The summed E-state index contributed by atoms with van der Waals surface area (Å²) in [6, 6.07) is 0. The first-order chi connectivity index (χ1) is 8.86. The van der Waals surface area contributed by atoms with E-state index < -0.39 is 15.6 Å². The number of likely N-dealkylation sites (tertiary alicyclic amines) is 1. The van der Waals surface area contributed by atoms with E-state index in [1.165, 1.54) is 6.42 Å². The maximum atomic E-state index is 11.1. The Morgan fingerprint density at radius 2 is 1.74 bits per heavy atom. The first-order valence-corrected chi connectivity index (χ1v) is 9.03. The molecule has 3 N–H and O–H groups in total. The predicted octanol–water partition coefficient (Wildman–Crippen LogP) is 0.682. The Kier molecular flexibility index (Phi) is 4.87. The van der Waals surface area contributed by atoms with Crippen LogP contribution in [0.4, 0.5) is 0 Å². The van der Waals surface area contributed by atoms with Gasteiger partial charge in [0, 0.05) is 6.54 Å². The van der Waals surface area contributed by atoms with Crippen molar-refractivity contribution in [2.75, 3.05) is 25.4 Å². The molecular formula is C13H26N2O3S. The van der Waals surface area contributed by atoms with E-state index in [4.69, 9.17) is 5.14 Å². The Balaban J connectivity index is 1.77. The lowest BCUT2D eigenvalue weighted by Gasteiger charge is -2.39. The van der Waals surface area contributed by atoms with Crippen LogP contribution in [0, 0.1) is 5.92 Å². The van der Waals surface area contributed by atoms with Crippen LogP contribution < -0.4 is 5.14 Å². The minimum absolute atomic E-state index is 0.102. The molecule has 1 saturated heterocycles. The van der Waals surface area contributed by atoms with E-state index in [1.54, 1.807) is 0 Å². The van der Waals surface area contributed by atoms with E-state index >= 15 is 0 Å². The Morgan fingerprint density at radius 1 is 1.16 bits per heavy atom. The predicted molar refractivity (Wildman–Crippen MR) is 75.2 cm³/mol. The number of piperidine rings is 1. The summed E-state index contributed by atoms with van der Waals surface area (Å²) >= 11 is 0. The highest BCUT2D eigenvalue weighted by Gasteiger charge is 2.33.